The predicted octanol–water partition coefficient (Wildman–Crippen LogP) is 2.73. The summed E-state index contributed by atoms with van der Waals surface area (Å²) in [4.78, 5) is 22.9. The van der Waals surface area contributed by atoms with E-state index < -0.39 is 35.6 Å². The second-order valence-corrected chi connectivity index (χ2v) is 5.06. The molecular formula is C14H16F2N2O3. The maximum Gasteiger partial charge on any atom is 0.319 e. The zero-order valence-corrected chi connectivity index (χ0v) is 11.2. The Hall–Kier alpha value is -2.18. The van der Waals surface area contributed by atoms with E-state index in [0.29, 0.717) is 12.8 Å². The Bertz CT molecular complexity index is 551. The van der Waals surface area contributed by atoms with Crippen molar-refractivity contribution >= 4 is 17.7 Å². The van der Waals surface area contributed by atoms with Crippen molar-refractivity contribution in [1.29, 1.82) is 0 Å². The van der Waals surface area contributed by atoms with Crippen LogP contribution in [-0.2, 0) is 4.79 Å². The lowest BCUT2D eigenvalue weighted by Crippen LogP contribution is -2.46. The van der Waals surface area contributed by atoms with Gasteiger partial charge in [0.1, 0.15) is 11.6 Å². The largest absolute Gasteiger partial charge is 0.481 e. The van der Waals surface area contributed by atoms with Crippen LogP contribution in [0.3, 0.4) is 0 Å². The molecule has 1 aromatic carbocycles. The van der Waals surface area contributed by atoms with Crippen LogP contribution in [-0.4, -0.2) is 23.1 Å². The maximum atomic E-state index is 13.4. The van der Waals surface area contributed by atoms with Gasteiger partial charge in [0.25, 0.3) is 0 Å². The average molecular weight is 298 g/mol. The number of hydrogen-bond donors (Lipinski definition) is 3. The number of carboxylic acid groups (broad SMARTS) is 1. The van der Waals surface area contributed by atoms with Gasteiger partial charge in [0.05, 0.1) is 11.6 Å². The Kier molecular flexibility index (Phi) is 4.72. The van der Waals surface area contributed by atoms with Crippen molar-refractivity contribution < 1.29 is 23.5 Å². The second kappa shape index (κ2) is 6.51. The smallest absolute Gasteiger partial charge is 0.319 e. The molecule has 1 aliphatic carbocycles. The van der Waals surface area contributed by atoms with Crippen LogP contribution in [0.15, 0.2) is 18.2 Å². The highest BCUT2D eigenvalue weighted by Crippen LogP contribution is 2.25. The third kappa shape index (κ3) is 3.90. The van der Waals surface area contributed by atoms with Crippen molar-refractivity contribution in [1.82, 2.24) is 5.32 Å². The second-order valence-electron chi connectivity index (χ2n) is 5.06. The number of amides is 2. The highest BCUT2D eigenvalue weighted by Gasteiger charge is 2.31. The number of urea groups is 1. The number of hydrogen-bond acceptors (Lipinski definition) is 2. The Morgan fingerprint density at radius 1 is 1.19 bits per heavy atom. The normalized spacial score (nSPS) is 21.6. The van der Waals surface area contributed by atoms with Gasteiger partial charge in [-0.2, -0.15) is 0 Å². The predicted molar refractivity (Wildman–Crippen MR) is 71.9 cm³/mol. The van der Waals surface area contributed by atoms with Crippen molar-refractivity contribution in [2.75, 3.05) is 5.32 Å². The van der Waals surface area contributed by atoms with Gasteiger partial charge >= 0.3 is 12.0 Å². The van der Waals surface area contributed by atoms with Crippen molar-refractivity contribution in [3.05, 3.63) is 29.8 Å². The van der Waals surface area contributed by atoms with Gasteiger partial charge < -0.3 is 15.7 Å². The number of nitrogens with one attached hydrogen (secondary N) is 2. The summed E-state index contributed by atoms with van der Waals surface area (Å²) in [6.07, 6.45) is 2.67. The molecule has 7 heteroatoms. The van der Waals surface area contributed by atoms with Crippen LogP contribution in [0.1, 0.15) is 25.7 Å². The van der Waals surface area contributed by atoms with Crippen LogP contribution in [0.5, 0.6) is 0 Å². The molecule has 2 amide bonds. The fourth-order valence-electron chi connectivity index (χ4n) is 2.52. The number of aliphatic carboxylic acids is 1. The fourth-order valence-corrected chi connectivity index (χ4v) is 2.52. The number of anilines is 1. The summed E-state index contributed by atoms with van der Waals surface area (Å²) in [7, 11) is 0. The molecule has 114 valence electrons. The van der Waals surface area contributed by atoms with Gasteiger partial charge in [-0.1, -0.05) is 12.8 Å². The molecule has 5 nitrogen and oxygen atoms in total. The van der Waals surface area contributed by atoms with Crippen LogP contribution in [0.2, 0.25) is 0 Å². The number of carboxylic acids is 1. The fraction of sp³-hybridized carbons (Fsp3) is 0.429. The highest BCUT2D eigenvalue weighted by molar-refractivity contribution is 5.90. The molecule has 2 atom stereocenters. The molecule has 0 radical (unpaired) electrons. The molecule has 1 aromatic rings. The van der Waals surface area contributed by atoms with Gasteiger partial charge in [0.2, 0.25) is 0 Å². The van der Waals surface area contributed by atoms with E-state index in [1.807, 2.05) is 0 Å². The minimum atomic E-state index is -0.961. The average Bonchev–Trinajstić information content (AvgIpc) is 2.43. The topological polar surface area (TPSA) is 78.4 Å². The minimum Gasteiger partial charge on any atom is -0.481 e. The number of halogens is 2. The Labute approximate surface area is 120 Å². The molecule has 0 aromatic heterocycles. The third-order valence-electron chi connectivity index (χ3n) is 3.58. The standard InChI is InChI=1S/C14H16F2N2O3/c15-8-5-6-10(16)12(7-8)18-14(21)17-11-4-2-1-3-9(11)13(19)20/h5-7,9,11H,1-4H2,(H,19,20)(H2,17,18,21). The van der Waals surface area contributed by atoms with Crippen LogP contribution >= 0.6 is 0 Å². The van der Waals surface area contributed by atoms with E-state index in [0.717, 1.165) is 31.0 Å². The summed E-state index contributed by atoms with van der Waals surface area (Å²) >= 11 is 0. The first-order chi connectivity index (χ1) is 9.97. The first kappa shape index (κ1) is 15.2. The van der Waals surface area contributed by atoms with Gasteiger partial charge in [0, 0.05) is 12.1 Å². The molecule has 1 fully saturated rings. The maximum absolute atomic E-state index is 13.4. The zero-order valence-electron chi connectivity index (χ0n) is 11.2. The minimum absolute atomic E-state index is 0.282. The molecule has 1 saturated carbocycles. The SMILES string of the molecule is O=C(Nc1cc(F)ccc1F)NC1CCCCC1C(=O)O. The van der Waals surface area contributed by atoms with E-state index in [2.05, 4.69) is 10.6 Å². The Morgan fingerprint density at radius 2 is 1.90 bits per heavy atom. The highest BCUT2D eigenvalue weighted by atomic mass is 19.1. The summed E-state index contributed by atoms with van der Waals surface area (Å²) in [5.74, 6) is -3.04. The molecule has 0 spiro atoms. The lowest BCUT2D eigenvalue weighted by molar-refractivity contribution is -0.143. The van der Waals surface area contributed by atoms with Crippen molar-refractivity contribution in [2.45, 2.75) is 31.7 Å². The van der Waals surface area contributed by atoms with E-state index in [1.165, 1.54) is 0 Å². The molecule has 21 heavy (non-hydrogen) atoms. The molecule has 3 N–H and O–H groups in total. The van der Waals surface area contributed by atoms with Gasteiger partial charge in [-0.25, -0.2) is 13.6 Å². The van der Waals surface area contributed by atoms with Crippen LogP contribution in [0.25, 0.3) is 0 Å². The lowest BCUT2D eigenvalue weighted by atomic mass is 9.84. The molecule has 2 unspecified atom stereocenters. The van der Waals surface area contributed by atoms with E-state index in [-0.39, 0.29) is 5.69 Å². The Morgan fingerprint density at radius 3 is 2.62 bits per heavy atom. The third-order valence-corrected chi connectivity index (χ3v) is 3.58. The summed E-state index contributed by atoms with van der Waals surface area (Å²) in [6.45, 7) is 0. The molecular weight excluding hydrogens is 282 g/mol. The quantitative estimate of drug-likeness (QED) is 0.803. The van der Waals surface area contributed by atoms with Gasteiger partial charge in [0.15, 0.2) is 0 Å². The molecule has 2 rings (SSSR count). The molecule has 0 saturated heterocycles. The number of carbonyl (C=O) groups is 2. The van der Waals surface area contributed by atoms with E-state index >= 15 is 0 Å². The molecule has 0 heterocycles. The summed E-state index contributed by atoms with van der Waals surface area (Å²) in [6, 6.07) is 1.47. The summed E-state index contributed by atoms with van der Waals surface area (Å²) in [5.41, 5.74) is -0.282. The van der Waals surface area contributed by atoms with Crippen molar-refractivity contribution in [3.8, 4) is 0 Å². The zero-order chi connectivity index (χ0) is 15.4. The van der Waals surface area contributed by atoms with E-state index in [4.69, 9.17) is 5.11 Å². The van der Waals surface area contributed by atoms with E-state index in [9.17, 15) is 18.4 Å². The van der Waals surface area contributed by atoms with Crippen LogP contribution < -0.4 is 10.6 Å². The first-order valence-electron chi connectivity index (χ1n) is 6.73. The number of carbonyl (C=O) groups excluding carboxylic acids is 1. The summed E-state index contributed by atoms with van der Waals surface area (Å²) in [5, 5.41) is 13.8. The van der Waals surface area contributed by atoms with Gasteiger partial charge in [-0.3, -0.25) is 4.79 Å². The first-order valence-corrected chi connectivity index (χ1v) is 6.73. The van der Waals surface area contributed by atoms with E-state index in [1.54, 1.807) is 0 Å². The summed E-state index contributed by atoms with van der Waals surface area (Å²) < 4.78 is 26.4. The van der Waals surface area contributed by atoms with Gasteiger partial charge in [-0.05, 0) is 25.0 Å². The van der Waals surface area contributed by atoms with Crippen LogP contribution in [0.4, 0.5) is 19.3 Å². The van der Waals surface area contributed by atoms with Gasteiger partial charge in [-0.15, -0.1) is 0 Å². The molecule has 1 aliphatic rings. The lowest BCUT2D eigenvalue weighted by Gasteiger charge is -2.29. The molecule has 0 aliphatic heterocycles. The van der Waals surface area contributed by atoms with Crippen LogP contribution in [0, 0.1) is 17.6 Å². The van der Waals surface area contributed by atoms with Crippen molar-refractivity contribution in [2.24, 2.45) is 5.92 Å². The van der Waals surface area contributed by atoms with Crippen molar-refractivity contribution in [3.63, 3.8) is 0 Å². The number of benzene rings is 1. The number of rotatable bonds is 3. The molecule has 0 bridgehead atoms. The monoisotopic (exact) mass is 298 g/mol. The Balaban J connectivity index is 2.00.